The van der Waals surface area contributed by atoms with Crippen LogP contribution in [0.3, 0.4) is 0 Å². The van der Waals surface area contributed by atoms with Crippen molar-refractivity contribution in [2.75, 3.05) is 10.6 Å². The standard InChI is InChI=1S/C19H23N5O3/c25-19(22-18-10-11-20-23(18)15-4-2-1-3-5-15)13-6-9-16(21-14-7-8-14)17(12-13)24(26)27/h6,9-12,14-15,21H,1-5,7-8H2,(H,22,25). The van der Waals surface area contributed by atoms with E-state index in [4.69, 9.17) is 0 Å². The molecular formula is C19H23N5O3. The van der Waals surface area contributed by atoms with Crippen molar-refractivity contribution < 1.29 is 9.72 Å². The molecule has 1 amide bonds. The van der Waals surface area contributed by atoms with Gasteiger partial charge in [-0.05, 0) is 37.8 Å². The largest absolute Gasteiger partial charge is 0.377 e. The van der Waals surface area contributed by atoms with Crippen molar-refractivity contribution in [3.63, 3.8) is 0 Å². The molecule has 27 heavy (non-hydrogen) atoms. The van der Waals surface area contributed by atoms with E-state index in [1.165, 1.54) is 25.3 Å². The first-order chi connectivity index (χ1) is 13.1. The summed E-state index contributed by atoms with van der Waals surface area (Å²) in [5.74, 6) is 0.267. The van der Waals surface area contributed by atoms with E-state index in [-0.39, 0.29) is 17.2 Å². The molecule has 1 aromatic carbocycles. The van der Waals surface area contributed by atoms with E-state index in [2.05, 4.69) is 15.7 Å². The third-order valence-corrected chi connectivity index (χ3v) is 5.23. The van der Waals surface area contributed by atoms with Crippen LogP contribution in [0.1, 0.15) is 61.3 Å². The van der Waals surface area contributed by atoms with Gasteiger partial charge in [-0.15, -0.1) is 0 Å². The van der Waals surface area contributed by atoms with Gasteiger partial charge in [-0.2, -0.15) is 5.10 Å². The predicted octanol–water partition coefficient (Wildman–Crippen LogP) is 4.12. The van der Waals surface area contributed by atoms with Crippen molar-refractivity contribution in [1.29, 1.82) is 0 Å². The Balaban J connectivity index is 1.52. The van der Waals surface area contributed by atoms with Gasteiger partial charge >= 0.3 is 0 Å². The van der Waals surface area contributed by atoms with Crippen LogP contribution in [0.4, 0.5) is 17.2 Å². The zero-order chi connectivity index (χ0) is 18.8. The molecule has 2 aromatic rings. The van der Waals surface area contributed by atoms with Gasteiger partial charge in [0, 0.05) is 23.7 Å². The van der Waals surface area contributed by atoms with Gasteiger partial charge < -0.3 is 10.6 Å². The Labute approximate surface area is 157 Å². The van der Waals surface area contributed by atoms with Gasteiger partial charge in [0.2, 0.25) is 0 Å². The fourth-order valence-corrected chi connectivity index (χ4v) is 3.61. The summed E-state index contributed by atoms with van der Waals surface area (Å²) in [6.45, 7) is 0. The number of hydrogen-bond acceptors (Lipinski definition) is 5. The molecule has 0 atom stereocenters. The molecule has 0 aliphatic heterocycles. The second-order valence-corrected chi connectivity index (χ2v) is 7.31. The molecule has 1 heterocycles. The maximum Gasteiger partial charge on any atom is 0.293 e. The van der Waals surface area contributed by atoms with Gasteiger partial charge in [0.05, 0.1) is 17.2 Å². The van der Waals surface area contributed by atoms with Gasteiger partial charge in [0.25, 0.3) is 11.6 Å². The molecule has 2 aliphatic carbocycles. The first-order valence-corrected chi connectivity index (χ1v) is 9.51. The van der Waals surface area contributed by atoms with Crippen LogP contribution in [-0.4, -0.2) is 26.7 Å². The molecule has 0 spiro atoms. The highest BCUT2D eigenvalue weighted by molar-refractivity contribution is 6.04. The van der Waals surface area contributed by atoms with Crippen LogP contribution < -0.4 is 10.6 Å². The van der Waals surface area contributed by atoms with E-state index in [1.54, 1.807) is 24.4 Å². The van der Waals surface area contributed by atoms with E-state index in [0.717, 1.165) is 25.7 Å². The molecule has 2 fully saturated rings. The van der Waals surface area contributed by atoms with Crippen molar-refractivity contribution in [2.24, 2.45) is 0 Å². The first-order valence-electron chi connectivity index (χ1n) is 9.51. The molecule has 8 nitrogen and oxygen atoms in total. The topological polar surface area (TPSA) is 102 Å². The van der Waals surface area contributed by atoms with Crippen LogP contribution in [0, 0.1) is 10.1 Å². The average Bonchev–Trinajstić information content (AvgIpc) is 3.38. The van der Waals surface area contributed by atoms with Crippen molar-refractivity contribution in [3.05, 3.63) is 46.1 Å². The monoisotopic (exact) mass is 369 g/mol. The Hall–Kier alpha value is -2.90. The first kappa shape index (κ1) is 17.5. The lowest BCUT2D eigenvalue weighted by Crippen LogP contribution is -2.20. The van der Waals surface area contributed by atoms with Crippen molar-refractivity contribution in [3.8, 4) is 0 Å². The second kappa shape index (κ2) is 7.38. The maximum atomic E-state index is 12.7. The third-order valence-electron chi connectivity index (χ3n) is 5.23. The number of hydrogen-bond donors (Lipinski definition) is 2. The summed E-state index contributed by atoms with van der Waals surface area (Å²) < 4.78 is 1.87. The summed E-state index contributed by atoms with van der Waals surface area (Å²) in [5.41, 5.74) is 0.654. The lowest BCUT2D eigenvalue weighted by molar-refractivity contribution is -0.384. The van der Waals surface area contributed by atoms with Gasteiger partial charge in [0.15, 0.2) is 0 Å². The summed E-state index contributed by atoms with van der Waals surface area (Å²) in [5, 5.41) is 21.8. The summed E-state index contributed by atoms with van der Waals surface area (Å²) in [6.07, 6.45) is 9.39. The third kappa shape index (κ3) is 3.94. The maximum absolute atomic E-state index is 12.7. The zero-order valence-electron chi connectivity index (χ0n) is 15.1. The van der Waals surface area contributed by atoms with E-state index < -0.39 is 4.92 Å². The summed E-state index contributed by atoms with van der Waals surface area (Å²) in [7, 11) is 0. The molecule has 142 valence electrons. The predicted molar refractivity (Wildman–Crippen MR) is 102 cm³/mol. The van der Waals surface area contributed by atoms with Crippen LogP contribution in [0.2, 0.25) is 0 Å². The van der Waals surface area contributed by atoms with Gasteiger partial charge in [0.1, 0.15) is 11.5 Å². The van der Waals surface area contributed by atoms with Crippen LogP contribution in [0.5, 0.6) is 0 Å². The number of benzene rings is 1. The Morgan fingerprint density at radius 2 is 1.93 bits per heavy atom. The number of nitro benzene ring substituents is 1. The second-order valence-electron chi connectivity index (χ2n) is 7.31. The lowest BCUT2D eigenvalue weighted by atomic mass is 9.96. The fourth-order valence-electron chi connectivity index (χ4n) is 3.61. The van der Waals surface area contributed by atoms with Crippen molar-refractivity contribution in [2.45, 2.75) is 57.0 Å². The highest BCUT2D eigenvalue weighted by Crippen LogP contribution is 2.32. The Kier molecular flexibility index (Phi) is 4.79. The highest BCUT2D eigenvalue weighted by atomic mass is 16.6. The number of nitrogens with zero attached hydrogens (tertiary/aromatic N) is 3. The molecule has 2 saturated carbocycles. The minimum Gasteiger partial charge on any atom is -0.377 e. The summed E-state index contributed by atoms with van der Waals surface area (Å²) in [6, 6.07) is 6.93. The number of anilines is 2. The zero-order valence-corrected chi connectivity index (χ0v) is 15.1. The smallest absolute Gasteiger partial charge is 0.293 e. The number of carbonyl (C=O) groups is 1. The lowest BCUT2D eigenvalue weighted by Gasteiger charge is -2.23. The van der Waals surface area contributed by atoms with E-state index in [1.807, 2.05) is 4.68 Å². The normalized spacial score (nSPS) is 17.5. The molecule has 4 rings (SSSR count). The number of carbonyl (C=O) groups excluding carboxylic acids is 1. The van der Waals surface area contributed by atoms with E-state index in [0.29, 0.717) is 23.6 Å². The van der Waals surface area contributed by atoms with Crippen LogP contribution in [-0.2, 0) is 0 Å². The molecule has 0 bridgehead atoms. The molecule has 8 heteroatoms. The Morgan fingerprint density at radius 3 is 2.63 bits per heavy atom. The molecule has 2 aliphatic rings. The van der Waals surface area contributed by atoms with Crippen LogP contribution in [0.15, 0.2) is 30.5 Å². The Bertz CT molecular complexity index is 853. The van der Waals surface area contributed by atoms with Gasteiger partial charge in [-0.25, -0.2) is 4.68 Å². The molecule has 0 unspecified atom stereocenters. The quantitative estimate of drug-likeness (QED) is 0.589. The van der Waals surface area contributed by atoms with Gasteiger partial charge in [-0.1, -0.05) is 19.3 Å². The number of nitro groups is 1. The number of amides is 1. The minimum atomic E-state index is -0.451. The number of nitrogens with one attached hydrogen (secondary N) is 2. The molecule has 2 N–H and O–H groups in total. The number of aromatic nitrogens is 2. The molecular weight excluding hydrogens is 346 g/mol. The van der Waals surface area contributed by atoms with Gasteiger partial charge in [-0.3, -0.25) is 14.9 Å². The Morgan fingerprint density at radius 1 is 1.15 bits per heavy atom. The van der Waals surface area contributed by atoms with E-state index in [9.17, 15) is 14.9 Å². The average molecular weight is 369 g/mol. The summed E-state index contributed by atoms with van der Waals surface area (Å²) in [4.78, 5) is 23.6. The van der Waals surface area contributed by atoms with Crippen molar-refractivity contribution in [1.82, 2.24) is 9.78 Å². The SMILES string of the molecule is O=C(Nc1ccnn1C1CCCCC1)c1ccc(NC2CC2)c([N+](=O)[O-])c1. The summed E-state index contributed by atoms with van der Waals surface area (Å²) >= 11 is 0. The number of rotatable bonds is 6. The fraction of sp³-hybridized carbons (Fsp3) is 0.474. The van der Waals surface area contributed by atoms with Crippen molar-refractivity contribution >= 4 is 23.1 Å². The molecule has 0 radical (unpaired) electrons. The van der Waals surface area contributed by atoms with Crippen LogP contribution >= 0.6 is 0 Å². The molecule has 0 saturated heterocycles. The van der Waals surface area contributed by atoms with Crippen LogP contribution in [0.25, 0.3) is 0 Å². The minimum absolute atomic E-state index is 0.0738. The highest BCUT2D eigenvalue weighted by Gasteiger charge is 2.26. The molecule has 1 aromatic heterocycles. The van der Waals surface area contributed by atoms with E-state index >= 15 is 0 Å².